The van der Waals surface area contributed by atoms with Gasteiger partial charge in [-0.25, -0.2) is 0 Å². The third-order valence-electron chi connectivity index (χ3n) is 4.06. The lowest BCUT2D eigenvalue weighted by molar-refractivity contribution is -0.128. The van der Waals surface area contributed by atoms with Crippen LogP contribution in [0.25, 0.3) is 0 Å². The Morgan fingerprint density at radius 1 is 0.963 bits per heavy atom. The number of rotatable bonds is 3. The number of hydrogen-bond donors (Lipinski definition) is 0. The Balaban J connectivity index is 0. The van der Waals surface area contributed by atoms with Crippen molar-refractivity contribution in [1.29, 1.82) is 0 Å². The summed E-state index contributed by atoms with van der Waals surface area (Å²) in [5.74, 6) is 1.44. The molecule has 4 heteroatoms. The van der Waals surface area contributed by atoms with Crippen molar-refractivity contribution in [2.75, 3.05) is 5.88 Å². The Morgan fingerprint density at radius 2 is 1.37 bits per heavy atom. The van der Waals surface area contributed by atoms with E-state index in [0.717, 1.165) is 6.42 Å². The molecule has 27 heavy (non-hydrogen) atoms. The van der Waals surface area contributed by atoms with Crippen LogP contribution in [0.1, 0.15) is 85.3 Å². The van der Waals surface area contributed by atoms with Gasteiger partial charge in [-0.1, -0.05) is 75.3 Å². The first-order valence-electron chi connectivity index (χ1n) is 10.5. The summed E-state index contributed by atoms with van der Waals surface area (Å²) in [6.07, 6.45) is 1.12. The van der Waals surface area contributed by atoms with Crippen LogP contribution in [-0.4, -0.2) is 23.2 Å². The van der Waals surface area contributed by atoms with Crippen LogP contribution in [0.2, 0.25) is 0 Å². The summed E-state index contributed by atoms with van der Waals surface area (Å²) in [7, 11) is 0. The summed E-state index contributed by atoms with van der Waals surface area (Å²) in [5.41, 5.74) is -0.920. The molecule has 2 atom stereocenters. The minimum Gasteiger partial charge on any atom is -0.299 e. The van der Waals surface area contributed by atoms with Crippen LogP contribution >= 0.6 is 11.6 Å². The van der Waals surface area contributed by atoms with Crippen LogP contribution < -0.4 is 0 Å². The van der Waals surface area contributed by atoms with Gasteiger partial charge in [-0.3, -0.25) is 14.4 Å². The van der Waals surface area contributed by atoms with Crippen molar-refractivity contribution < 1.29 is 17.1 Å². The zero-order valence-electron chi connectivity index (χ0n) is 21.2. The molecule has 0 heterocycles. The van der Waals surface area contributed by atoms with Crippen molar-refractivity contribution in [3.05, 3.63) is 12.1 Å². The second kappa shape index (κ2) is 11.1. The number of ketones is 3. The molecule has 0 radical (unpaired) electrons. The van der Waals surface area contributed by atoms with Gasteiger partial charge in [-0.05, 0) is 25.3 Å². The van der Waals surface area contributed by atoms with E-state index < -0.39 is 5.41 Å². The molecule has 1 rings (SSSR count). The SMILES string of the molecule is CC(C)(C)C(=O)CCl.CC1CC1C(=O)C(C)(C)C.[2H]/C(C)=C(/[2H])C(=O)C(C)(C)C. The maximum Gasteiger partial charge on any atom is 0.160 e. The maximum atomic E-state index is 11.4. The number of carbonyl (C=O) groups is 3. The smallest absolute Gasteiger partial charge is 0.160 e. The van der Waals surface area contributed by atoms with Crippen LogP contribution in [0.4, 0.5) is 0 Å². The lowest BCUT2D eigenvalue weighted by atomic mass is 9.87. The lowest BCUT2D eigenvalue weighted by Gasteiger charge is -2.15. The van der Waals surface area contributed by atoms with E-state index in [2.05, 4.69) is 6.92 Å². The number of carbonyl (C=O) groups excluding carboxylic acids is 3. The molecule has 158 valence electrons. The average Bonchev–Trinajstić information content (AvgIpc) is 3.26. The van der Waals surface area contributed by atoms with E-state index in [4.69, 9.17) is 14.3 Å². The Morgan fingerprint density at radius 3 is 1.44 bits per heavy atom. The molecular formula is C23H41ClO3. The van der Waals surface area contributed by atoms with Crippen molar-refractivity contribution in [1.82, 2.24) is 0 Å². The van der Waals surface area contributed by atoms with Gasteiger partial charge < -0.3 is 0 Å². The highest BCUT2D eigenvalue weighted by Crippen LogP contribution is 2.42. The fraction of sp³-hybridized carbons (Fsp3) is 0.783. The third kappa shape index (κ3) is 12.9. The Bertz CT molecular complexity index is 614. The number of allylic oxidation sites excluding steroid dienone is 2. The van der Waals surface area contributed by atoms with Crippen molar-refractivity contribution in [2.24, 2.45) is 28.1 Å². The fourth-order valence-corrected chi connectivity index (χ4v) is 2.15. The fourth-order valence-electron chi connectivity index (χ4n) is 1.75. The van der Waals surface area contributed by atoms with Crippen molar-refractivity contribution in [3.8, 4) is 0 Å². The largest absolute Gasteiger partial charge is 0.299 e. The van der Waals surface area contributed by atoms with E-state index in [1.807, 2.05) is 41.5 Å². The van der Waals surface area contributed by atoms with Gasteiger partial charge in [0.2, 0.25) is 0 Å². The molecule has 0 aromatic heterocycles. The minimum atomic E-state index is -0.542. The zero-order chi connectivity index (χ0) is 24.0. The van der Waals surface area contributed by atoms with Gasteiger partial charge in [0, 0.05) is 22.2 Å². The van der Waals surface area contributed by atoms with Gasteiger partial charge in [-0.15, -0.1) is 11.6 Å². The molecule has 1 saturated carbocycles. The summed E-state index contributed by atoms with van der Waals surface area (Å²) in [5, 5.41) is 0. The lowest BCUT2D eigenvalue weighted by Crippen LogP contribution is -2.22. The first-order chi connectivity index (χ1) is 12.7. The average molecular weight is 403 g/mol. The molecule has 0 aliphatic heterocycles. The van der Waals surface area contributed by atoms with Gasteiger partial charge in [0.1, 0.15) is 5.78 Å². The highest BCUT2D eigenvalue weighted by Gasteiger charge is 2.43. The van der Waals surface area contributed by atoms with E-state index in [9.17, 15) is 14.4 Å². The first-order valence-corrected chi connectivity index (χ1v) is 10.0. The van der Waals surface area contributed by atoms with Crippen LogP contribution in [0.15, 0.2) is 12.1 Å². The molecule has 1 fully saturated rings. The van der Waals surface area contributed by atoms with Crippen molar-refractivity contribution >= 4 is 29.0 Å². The normalized spacial score (nSPS) is 21.2. The molecule has 1 aliphatic carbocycles. The predicted octanol–water partition coefficient (Wildman–Crippen LogP) is 6.28. The third-order valence-corrected chi connectivity index (χ3v) is 4.31. The van der Waals surface area contributed by atoms with Crippen LogP contribution in [0, 0.1) is 28.1 Å². The highest BCUT2D eigenvalue weighted by atomic mass is 35.5. The molecule has 0 bridgehead atoms. The summed E-state index contributed by atoms with van der Waals surface area (Å²) in [4.78, 5) is 33.4. The van der Waals surface area contributed by atoms with E-state index in [1.54, 1.807) is 20.8 Å². The molecule has 3 nitrogen and oxygen atoms in total. The molecule has 0 amide bonds. The Hall–Kier alpha value is -0.960. The maximum absolute atomic E-state index is 11.4. The second-order valence-electron chi connectivity index (χ2n) is 10.2. The molecule has 1 aliphatic rings. The Labute approximate surface area is 175 Å². The number of halogens is 1. The van der Waals surface area contributed by atoms with Gasteiger partial charge in [0.05, 0.1) is 8.62 Å². The zero-order valence-corrected chi connectivity index (χ0v) is 19.9. The monoisotopic (exact) mass is 402 g/mol. The molecule has 2 unspecified atom stereocenters. The van der Waals surface area contributed by atoms with Crippen LogP contribution in [0.3, 0.4) is 0 Å². The quantitative estimate of drug-likeness (QED) is 0.412. The standard InChI is InChI=1S/C9H16O.C8H14O.C6H11ClO/c1-6-5-7(6)8(10)9(2,3)4;1-5-6-7(9)8(2,3)4;1-6(2,3)5(8)4-7/h6-7H,5H2,1-4H3;5-6H,1-4H3;4H2,1-3H3/b;6-5+;/i;5D,6D;. The molecular weight excluding hydrogens is 360 g/mol. The van der Waals surface area contributed by atoms with E-state index >= 15 is 0 Å². The van der Waals surface area contributed by atoms with Crippen molar-refractivity contribution in [2.45, 2.75) is 82.6 Å². The van der Waals surface area contributed by atoms with Gasteiger partial charge in [-0.2, -0.15) is 0 Å². The van der Waals surface area contributed by atoms with E-state index in [1.165, 1.54) is 6.92 Å². The van der Waals surface area contributed by atoms with Crippen LogP contribution in [-0.2, 0) is 14.4 Å². The number of Topliss-reactive ketones (excluding diaryl/α,β-unsaturated/α-hetero) is 2. The van der Waals surface area contributed by atoms with Crippen LogP contribution in [0.5, 0.6) is 0 Å². The topological polar surface area (TPSA) is 51.2 Å². The molecule has 0 aromatic carbocycles. The van der Waals surface area contributed by atoms with Gasteiger partial charge in [0.15, 0.2) is 11.6 Å². The molecule has 0 N–H and O–H groups in total. The molecule has 0 spiro atoms. The molecule has 0 saturated heterocycles. The summed E-state index contributed by atoms with van der Waals surface area (Å²) < 4.78 is 14.3. The van der Waals surface area contributed by atoms with Gasteiger partial charge >= 0.3 is 0 Å². The summed E-state index contributed by atoms with van der Waals surface area (Å²) in [6, 6.07) is -0.151. The Kier molecular flexibility index (Phi) is 9.94. The van der Waals surface area contributed by atoms with Crippen molar-refractivity contribution in [3.63, 3.8) is 0 Å². The first kappa shape index (κ1) is 24.1. The minimum absolute atomic E-state index is 0.0323. The van der Waals surface area contributed by atoms with E-state index in [-0.39, 0.29) is 40.4 Å². The number of hydrogen-bond acceptors (Lipinski definition) is 3. The molecule has 0 aromatic rings. The van der Waals surface area contributed by atoms with E-state index in [0.29, 0.717) is 17.6 Å². The summed E-state index contributed by atoms with van der Waals surface area (Å²) >= 11 is 5.29. The number of alkyl halides is 1. The summed E-state index contributed by atoms with van der Waals surface area (Å²) in [6.45, 7) is 20.4. The highest BCUT2D eigenvalue weighted by molar-refractivity contribution is 6.28. The second-order valence-corrected chi connectivity index (χ2v) is 10.5. The predicted molar refractivity (Wildman–Crippen MR) is 116 cm³/mol. The van der Waals surface area contributed by atoms with Gasteiger partial charge in [0.25, 0.3) is 0 Å².